The van der Waals surface area contributed by atoms with Crippen LogP contribution in [0.5, 0.6) is 0 Å². The smallest absolute Gasteiger partial charge is 0.393 e. The van der Waals surface area contributed by atoms with Crippen LogP contribution in [0.3, 0.4) is 0 Å². The van der Waals surface area contributed by atoms with Crippen LogP contribution in [0.25, 0.3) is 0 Å². The van der Waals surface area contributed by atoms with Gasteiger partial charge in [0.15, 0.2) is 0 Å². The van der Waals surface area contributed by atoms with Gasteiger partial charge in [-0.2, -0.15) is 13.2 Å². The molecular weight excluding hydrogens is 255 g/mol. The van der Waals surface area contributed by atoms with Crippen molar-refractivity contribution in [1.29, 1.82) is 0 Å². The summed E-state index contributed by atoms with van der Waals surface area (Å²) in [6.07, 6.45) is -1.77. The van der Waals surface area contributed by atoms with Gasteiger partial charge in [0.05, 0.1) is 12.6 Å². The van der Waals surface area contributed by atoms with E-state index in [4.69, 9.17) is 0 Å². The molecule has 0 aromatic rings. The highest BCUT2D eigenvalue weighted by Gasteiger charge is 2.42. The van der Waals surface area contributed by atoms with Crippen molar-refractivity contribution < 1.29 is 18.3 Å². The van der Waals surface area contributed by atoms with E-state index in [-0.39, 0.29) is 17.4 Å². The summed E-state index contributed by atoms with van der Waals surface area (Å²) in [6.45, 7) is 5.40. The van der Waals surface area contributed by atoms with E-state index in [2.05, 4.69) is 20.8 Å². The van der Waals surface area contributed by atoms with Crippen LogP contribution in [0.1, 0.15) is 46.5 Å². The summed E-state index contributed by atoms with van der Waals surface area (Å²) in [4.78, 5) is 1.38. The van der Waals surface area contributed by atoms with Crippen molar-refractivity contribution >= 4 is 0 Å². The summed E-state index contributed by atoms with van der Waals surface area (Å²) in [5.41, 5.74) is 0.00463. The largest absolute Gasteiger partial charge is 0.401 e. The second-order valence-electron chi connectivity index (χ2n) is 6.51. The number of nitrogens with zero attached hydrogens (tertiary/aromatic N) is 1. The topological polar surface area (TPSA) is 23.5 Å². The van der Waals surface area contributed by atoms with Gasteiger partial charge in [0.2, 0.25) is 0 Å². The van der Waals surface area contributed by atoms with Crippen LogP contribution < -0.4 is 0 Å². The van der Waals surface area contributed by atoms with E-state index < -0.39 is 18.8 Å². The number of rotatable bonds is 4. The number of alkyl halides is 3. The Balaban J connectivity index is 2.84. The maximum atomic E-state index is 12.6. The highest BCUT2D eigenvalue weighted by molar-refractivity contribution is 4.93. The molecule has 1 saturated carbocycles. The maximum absolute atomic E-state index is 12.6. The molecule has 0 bridgehead atoms. The molecule has 0 radical (unpaired) electrons. The van der Waals surface area contributed by atoms with Gasteiger partial charge in [-0.15, -0.1) is 0 Å². The lowest BCUT2D eigenvalue weighted by molar-refractivity contribution is -0.156. The van der Waals surface area contributed by atoms with Gasteiger partial charge in [0, 0.05) is 6.04 Å². The fourth-order valence-electron chi connectivity index (χ4n) is 3.19. The first-order valence-corrected chi connectivity index (χ1v) is 7.02. The van der Waals surface area contributed by atoms with Gasteiger partial charge in [0.1, 0.15) is 0 Å². The minimum atomic E-state index is -4.18. The molecule has 3 atom stereocenters. The standard InChI is InChI=1S/C14H26F3NO/c1-5-13(2,3)11-7-6-10(19)8-12(11)18(4)9-14(15,16)17/h10-12,19H,5-9H2,1-4H3. The van der Waals surface area contributed by atoms with Gasteiger partial charge in [-0.1, -0.05) is 27.2 Å². The normalized spacial score (nSPS) is 29.8. The Labute approximate surface area is 114 Å². The zero-order valence-electron chi connectivity index (χ0n) is 12.3. The summed E-state index contributed by atoms with van der Waals surface area (Å²) in [5, 5.41) is 9.78. The van der Waals surface area contributed by atoms with Crippen LogP contribution in [0.2, 0.25) is 0 Å². The van der Waals surface area contributed by atoms with Gasteiger partial charge in [0.25, 0.3) is 0 Å². The second-order valence-corrected chi connectivity index (χ2v) is 6.51. The quantitative estimate of drug-likeness (QED) is 0.853. The Kier molecular flexibility index (Phi) is 5.29. The van der Waals surface area contributed by atoms with Crippen molar-refractivity contribution in [2.45, 2.75) is 64.8 Å². The summed E-state index contributed by atoms with van der Waals surface area (Å²) < 4.78 is 37.7. The van der Waals surface area contributed by atoms with Crippen LogP contribution in [0, 0.1) is 11.3 Å². The first-order chi connectivity index (χ1) is 8.57. The van der Waals surface area contributed by atoms with Gasteiger partial charge >= 0.3 is 6.18 Å². The number of aliphatic hydroxyl groups is 1. The summed E-state index contributed by atoms with van der Waals surface area (Å²) >= 11 is 0. The first kappa shape index (κ1) is 16.8. The van der Waals surface area contributed by atoms with Crippen molar-refractivity contribution in [1.82, 2.24) is 4.90 Å². The molecular formula is C14H26F3NO. The third kappa shape index (κ3) is 4.63. The predicted molar refractivity (Wildman–Crippen MR) is 69.9 cm³/mol. The van der Waals surface area contributed by atoms with Crippen LogP contribution in [-0.4, -0.2) is 41.9 Å². The van der Waals surface area contributed by atoms with E-state index in [0.29, 0.717) is 12.8 Å². The molecule has 1 aliphatic carbocycles. The van der Waals surface area contributed by atoms with Crippen molar-refractivity contribution in [2.75, 3.05) is 13.6 Å². The maximum Gasteiger partial charge on any atom is 0.401 e. The average Bonchev–Trinajstić information content (AvgIpc) is 2.26. The van der Waals surface area contributed by atoms with E-state index >= 15 is 0 Å². The second kappa shape index (κ2) is 6.00. The Morgan fingerprint density at radius 3 is 2.26 bits per heavy atom. The number of hydrogen-bond acceptors (Lipinski definition) is 2. The molecule has 114 valence electrons. The molecule has 19 heavy (non-hydrogen) atoms. The van der Waals surface area contributed by atoms with E-state index in [1.165, 1.54) is 11.9 Å². The molecule has 0 heterocycles. The van der Waals surface area contributed by atoms with E-state index in [1.54, 1.807) is 0 Å². The van der Waals surface area contributed by atoms with Gasteiger partial charge in [-0.05, 0) is 37.6 Å². The minimum absolute atomic E-state index is 0.00463. The first-order valence-electron chi connectivity index (χ1n) is 7.02. The molecule has 1 aliphatic rings. The third-order valence-corrected chi connectivity index (χ3v) is 4.70. The molecule has 0 aromatic carbocycles. The Morgan fingerprint density at radius 2 is 1.79 bits per heavy atom. The highest BCUT2D eigenvalue weighted by Crippen LogP contribution is 2.42. The zero-order chi connectivity index (χ0) is 14.8. The fraction of sp³-hybridized carbons (Fsp3) is 1.00. The zero-order valence-corrected chi connectivity index (χ0v) is 12.3. The van der Waals surface area contributed by atoms with Crippen LogP contribution >= 0.6 is 0 Å². The molecule has 1 rings (SSSR count). The molecule has 2 nitrogen and oxygen atoms in total. The highest BCUT2D eigenvalue weighted by atomic mass is 19.4. The number of halogens is 3. The molecule has 5 heteroatoms. The Bertz CT molecular complexity index is 291. The summed E-state index contributed by atoms with van der Waals surface area (Å²) in [7, 11) is 1.52. The lowest BCUT2D eigenvalue weighted by Gasteiger charge is -2.47. The number of hydrogen-bond donors (Lipinski definition) is 1. The molecule has 0 spiro atoms. The lowest BCUT2D eigenvalue weighted by atomic mass is 9.66. The molecule has 3 unspecified atom stereocenters. The fourth-order valence-corrected chi connectivity index (χ4v) is 3.19. The SMILES string of the molecule is CCC(C)(C)C1CCC(O)CC1N(C)CC(F)(F)F. The van der Waals surface area contributed by atoms with E-state index in [9.17, 15) is 18.3 Å². The van der Waals surface area contributed by atoms with Crippen LogP contribution in [-0.2, 0) is 0 Å². The number of aliphatic hydroxyl groups excluding tert-OH is 1. The molecule has 0 amide bonds. The van der Waals surface area contributed by atoms with Crippen molar-refractivity contribution in [3.8, 4) is 0 Å². The minimum Gasteiger partial charge on any atom is -0.393 e. The van der Waals surface area contributed by atoms with E-state index in [0.717, 1.165) is 12.8 Å². The molecule has 1 N–H and O–H groups in total. The molecule has 0 saturated heterocycles. The average molecular weight is 281 g/mol. The predicted octanol–water partition coefficient (Wildman–Crippen LogP) is 3.45. The molecule has 0 aliphatic heterocycles. The van der Waals surface area contributed by atoms with Crippen LogP contribution in [0.4, 0.5) is 13.2 Å². The third-order valence-electron chi connectivity index (χ3n) is 4.70. The van der Waals surface area contributed by atoms with Gasteiger partial charge in [-0.25, -0.2) is 0 Å². The summed E-state index contributed by atoms with van der Waals surface area (Å²) in [6, 6.07) is -0.194. The van der Waals surface area contributed by atoms with E-state index in [1.807, 2.05) is 0 Å². The van der Waals surface area contributed by atoms with Crippen molar-refractivity contribution in [3.63, 3.8) is 0 Å². The van der Waals surface area contributed by atoms with Crippen molar-refractivity contribution in [2.24, 2.45) is 11.3 Å². The Hall–Kier alpha value is -0.290. The Morgan fingerprint density at radius 1 is 1.21 bits per heavy atom. The van der Waals surface area contributed by atoms with Crippen LogP contribution in [0.15, 0.2) is 0 Å². The van der Waals surface area contributed by atoms with Gasteiger partial charge < -0.3 is 5.11 Å². The molecule has 0 aromatic heterocycles. The van der Waals surface area contributed by atoms with Crippen molar-refractivity contribution in [3.05, 3.63) is 0 Å². The van der Waals surface area contributed by atoms with Gasteiger partial charge in [-0.3, -0.25) is 4.90 Å². The monoisotopic (exact) mass is 281 g/mol. The summed E-state index contributed by atoms with van der Waals surface area (Å²) in [5.74, 6) is 0.202. The lowest BCUT2D eigenvalue weighted by Crippen LogP contribution is -2.51. The molecule has 1 fully saturated rings.